The van der Waals surface area contributed by atoms with Crippen LogP contribution in [0.3, 0.4) is 0 Å². The van der Waals surface area contributed by atoms with Crippen LogP contribution in [-0.4, -0.2) is 41.6 Å². The van der Waals surface area contributed by atoms with Crippen LogP contribution in [0.25, 0.3) is 0 Å². The molecule has 2 atom stereocenters. The molecule has 0 aliphatic rings. The lowest BCUT2D eigenvalue weighted by Gasteiger charge is -2.15. The Balaban J connectivity index is 4.36. The molecule has 0 saturated carbocycles. The fourth-order valence-corrected chi connectivity index (χ4v) is 6.61. The summed E-state index contributed by atoms with van der Waals surface area (Å²) in [5.74, 6) is -1.33. The van der Waals surface area contributed by atoms with Gasteiger partial charge in [-0.15, -0.1) is 0 Å². The number of allylic oxidation sites excluding steroid dienone is 7. The minimum absolute atomic E-state index is 0.0983. The van der Waals surface area contributed by atoms with Gasteiger partial charge in [-0.05, 0) is 103 Å². The van der Waals surface area contributed by atoms with Gasteiger partial charge in [-0.3, -0.25) is 9.59 Å². The van der Waals surface area contributed by atoms with Crippen molar-refractivity contribution in [3.8, 4) is 0 Å². The lowest BCUT2D eigenvalue weighted by Crippen LogP contribution is -2.40. The van der Waals surface area contributed by atoms with Crippen LogP contribution in [-0.2, 0) is 19.1 Å². The van der Waals surface area contributed by atoms with Crippen LogP contribution in [0.15, 0.2) is 48.6 Å². The third-order valence-electron chi connectivity index (χ3n) is 10.1. The summed E-state index contributed by atoms with van der Waals surface area (Å²) >= 11 is 0. The van der Waals surface area contributed by atoms with Crippen molar-refractivity contribution in [2.75, 3.05) is 6.54 Å². The maximum atomic E-state index is 12.8. The van der Waals surface area contributed by atoms with Gasteiger partial charge in [-0.1, -0.05) is 159 Å². The number of unbranched alkanes of at least 4 members (excludes halogenated alkanes) is 21. The topological polar surface area (TPSA) is 119 Å². The number of hydrogen-bond acceptors (Lipinski definition) is 5. The molecule has 55 heavy (non-hydrogen) atoms. The Labute approximate surface area is 338 Å². The zero-order chi connectivity index (χ0) is 40.3. The Kier molecular flexibility index (Phi) is 40.4. The highest BCUT2D eigenvalue weighted by molar-refractivity contribution is 5.83. The number of aliphatic carboxylic acids is 1. The van der Waals surface area contributed by atoms with Gasteiger partial charge in [-0.25, -0.2) is 4.79 Å². The third kappa shape index (κ3) is 39.4. The molecule has 2 unspecified atom stereocenters. The average molecular weight is 771 g/mol. The van der Waals surface area contributed by atoms with Crippen LogP contribution < -0.4 is 11.1 Å². The highest BCUT2D eigenvalue weighted by Crippen LogP contribution is 2.16. The molecule has 4 N–H and O–H groups in total. The van der Waals surface area contributed by atoms with Crippen LogP contribution in [0.4, 0.5) is 0 Å². The molecule has 7 nitrogen and oxygen atoms in total. The fraction of sp³-hybridized carbons (Fsp3) is 0.771. The number of carboxylic acid groups (broad SMARTS) is 1. The van der Waals surface area contributed by atoms with Crippen molar-refractivity contribution in [1.29, 1.82) is 0 Å². The number of amides is 1. The number of ether oxygens (including phenoxy) is 1. The second kappa shape index (κ2) is 42.5. The van der Waals surface area contributed by atoms with E-state index in [4.69, 9.17) is 10.5 Å². The van der Waals surface area contributed by atoms with Gasteiger partial charge in [0, 0.05) is 12.8 Å². The van der Waals surface area contributed by atoms with E-state index in [0.29, 0.717) is 32.2 Å². The maximum Gasteiger partial charge on any atom is 0.326 e. The van der Waals surface area contributed by atoms with E-state index >= 15 is 0 Å². The number of carbonyl (C=O) groups is 3. The SMILES string of the molecule is CCCCC/C=C\C/C=C\C/C=C\C(CCCCCCCC(=O)NC(CCCN)C(=O)O)OC(=O)CCCCCCCCC/C=C\CCCCCCCCC. The van der Waals surface area contributed by atoms with Crippen molar-refractivity contribution in [3.63, 3.8) is 0 Å². The largest absolute Gasteiger partial charge is 0.480 e. The molecule has 0 aliphatic carbocycles. The van der Waals surface area contributed by atoms with Gasteiger partial charge in [-0.2, -0.15) is 0 Å². The molecule has 0 spiro atoms. The second-order valence-electron chi connectivity index (χ2n) is 15.5. The Morgan fingerprint density at radius 3 is 1.58 bits per heavy atom. The highest BCUT2D eigenvalue weighted by atomic mass is 16.5. The van der Waals surface area contributed by atoms with Gasteiger partial charge < -0.3 is 20.9 Å². The van der Waals surface area contributed by atoms with E-state index in [-0.39, 0.29) is 18.0 Å². The Morgan fingerprint density at radius 2 is 1.00 bits per heavy atom. The first kappa shape index (κ1) is 52.3. The van der Waals surface area contributed by atoms with E-state index in [0.717, 1.165) is 70.6 Å². The Hall–Kier alpha value is -2.67. The molecule has 0 heterocycles. The number of nitrogens with two attached hydrogens (primary N) is 1. The molecular formula is C48H86N2O5. The number of carbonyl (C=O) groups excluding carboxylic acids is 2. The van der Waals surface area contributed by atoms with Crippen LogP contribution in [0.5, 0.6) is 0 Å². The molecule has 0 saturated heterocycles. The normalized spacial score (nSPS) is 13.1. The standard InChI is InChI=1S/C48H86N2O5/c1-3-5-7-9-11-13-15-16-17-18-19-20-21-23-25-27-32-36-42-47(52)55-44(38-33-29-26-24-22-14-12-10-8-6-4-2)39-34-30-28-31-35-41-46(51)50-45(48(53)54)40-37-43-49/h12,14,17-18,24,26,33,38,44-45H,3-11,13,15-16,19-23,25,27-32,34-37,39-43,49H2,1-2H3,(H,50,51)(H,53,54)/b14-12-,18-17-,26-24-,38-33-. The summed E-state index contributed by atoms with van der Waals surface area (Å²) < 4.78 is 5.94. The van der Waals surface area contributed by atoms with Gasteiger partial charge in [0.05, 0.1) is 0 Å². The summed E-state index contributed by atoms with van der Waals surface area (Å²) in [6.07, 6.45) is 51.7. The van der Waals surface area contributed by atoms with Crippen LogP contribution in [0.2, 0.25) is 0 Å². The number of nitrogens with one attached hydrogen (secondary N) is 1. The van der Waals surface area contributed by atoms with Crippen LogP contribution in [0, 0.1) is 0 Å². The number of rotatable bonds is 41. The Bertz CT molecular complexity index is 1000. The monoisotopic (exact) mass is 771 g/mol. The van der Waals surface area contributed by atoms with Gasteiger partial charge in [0.25, 0.3) is 0 Å². The molecule has 7 heteroatoms. The van der Waals surface area contributed by atoms with E-state index in [2.05, 4.69) is 67.8 Å². The molecule has 0 bridgehead atoms. The molecule has 0 rings (SSSR count). The fourth-order valence-electron chi connectivity index (χ4n) is 6.61. The predicted molar refractivity (Wildman–Crippen MR) is 234 cm³/mol. The molecule has 0 aromatic heterocycles. The molecule has 0 radical (unpaired) electrons. The average Bonchev–Trinajstić information content (AvgIpc) is 3.17. The summed E-state index contributed by atoms with van der Waals surface area (Å²) in [5, 5.41) is 11.9. The summed E-state index contributed by atoms with van der Waals surface area (Å²) in [6, 6.07) is -0.867. The molecule has 1 amide bonds. The smallest absolute Gasteiger partial charge is 0.326 e. The van der Waals surface area contributed by atoms with Crippen molar-refractivity contribution in [3.05, 3.63) is 48.6 Å². The summed E-state index contributed by atoms with van der Waals surface area (Å²) in [6.45, 7) is 4.91. The van der Waals surface area contributed by atoms with Crippen LogP contribution >= 0.6 is 0 Å². The quantitative estimate of drug-likeness (QED) is 0.0324. The van der Waals surface area contributed by atoms with Crippen molar-refractivity contribution in [1.82, 2.24) is 5.32 Å². The third-order valence-corrected chi connectivity index (χ3v) is 10.1. The molecular weight excluding hydrogens is 685 g/mol. The maximum absolute atomic E-state index is 12.8. The first-order valence-corrected chi connectivity index (χ1v) is 23.0. The minimum Gasteiger partial charge on any atom is -0.480 e. The van der Waals surface area contributed by atoms with E-state index in [1.165, 1.54) is 109 Å². The van der Waals surface area contributed by atoms with E-state index in [1.807, 2.05) is 0 Å². The molecule has 0 aromatic carbocycles. The summed E-state index contributed by atoms with van der Waals surface area (Å²) in [5.41, 5.74) is 5.48. The zero-order valence-electron chi connectivity index (χ0n) is 35.8. The van der Waals surface area contributed by atoms with Gasteiger partial charge in [0.15, 0.2) is 0 Å². The van der Waals surface area contributed by atoms with Crippen LogP contribution in [0.1, 0.15) is 219 Å². The molecule has 0 aliphatic heterocycles. The summed E-state index contributed by atoms with van der Waals surface area (Å²) in [4.78, 5) is 36.4. The van der Waals surface area contributed by atoms with E-state index in [1.54, 1.807) is 0 Å². The van der Waals surface area contributed by atoms with Crippen molar-refractivity contribution >= 4 is 17.8 Å². The first-order valence-electron chi connectivity index (χ1n) is 23.0. The van der Waals surface area contributed by atoms with Crippen molar-refractivity contribution < 1.29 is 24.2 Å². The number of esters is 1. The predicted octanol–water partition coefficient (Wildman–Crippen LogP) is 13.2. The zero-order valence-corrected chi connectivity index (χ0v) is 35.8. The minimum atomic E-state index is -1.01. The van der Waals surface area contributed by atoms with Gasteiger partial charge >= 0.3 is 11.9 Å². The lowest BCUT2D eigenvalue weighted by molar-refractivity contribution is -0.147. The lowest BCUT2D eigenvalue weighted by atomic mass is 10.1. The second-order valence-corrected chi connectivity index (χ2v) is 15.5. The van der Waals surface area contributed by atoms with Crippen molar-refractivity contribution in [2.45, 2.75) is 231 Å². The number of carboxylic acids is 1. The Morgan fingerprint density at radius 1 is 0.545 bits per heavy atom. The van der Waals surface area contributed by atoms with Gasteiger partial charge in [0.2, 0.25) is 5.91 Å². The highest BCUT2D eigenvalue weighted by Gasteiger charge is 2.18. The molecule has 0 fully saturated rings. The summed E-state index contributed by atoms with van der Waals surface area (Å²) in [7, 11) is 0. The number of hydrogen-bond donors (Lipinski definition) is 3. The van der Waals surface area contributed by atoms with Crippen molar-refractivity contribution in [2.24, 2.45) is 5.73 Å². The van der Waals surface area contributed by atoms with E-state index < -0.39 is 12.0 Å². The van der Waals surface area contributed by atoms with Gasteiger partial charge in [0.1, 0.15) is 12.1 Å². The molecule has 0 aromatic rings. The van der Waals surface area contributed by atoms with E-state index in [9.17, 15) is 19.5 Å². The molecule has 318 valence electrons. The first-order chi connectivity index (χ1) is 26.9.